The van der Waals surface area contributed by atoms with Gasteiger partial charge in [0.25, 0.3) is 11.8 Å². The largest absolute Gasteiger partial charge is 0.417 e. The van der Waals surface area contributed by atoms with Gasteiger partial charge in [-0.3, -0.25) is 4.79 Å². The van der Waals surface area contributed by atoms with Crippen molar-refractivity contribution in [2.45, 2.75) is 19.0 Å². The first kappa shape index (κ1) is 15.9. The van der Waals surface area contributed by atoms with E-state index in [0.717, 1.165) is 6.07 Å². The molecule has 1 aromatic carbocycles. The molecule has 0 aliphatic heterocycles. The van der Waals surface area contributed by atoms with Gasteiger partial charge in [-0.1, -0.05) is 6.07 Å². The number of rotatable bonds is 3. The van der Waals surface area contributed by atoms with Gasteiger partial charge in [-0.05, 0) is 28.1 Å². The number of alkyl halides is 5. The van der Waals surface area contributed by atoms with Crippen LogP contribution in [0.25, 0.3) is 0 Å². The third-order valence-corrected chi connectivity index (χ3v) is 2.77. The summed E-state index contributed by atoms with van der Waals surface area (Å²) >= 11 is 2.81. The molecule has 0 bridgehead atoms. The van der Waals surface area contributed by atoms with E-state index in [4.69, 9.17) is 0 Å². The Bertz CT molecular complexity index is 481. The molecule has 0 atom stereocenters. The summed E-state index contributed by atoms with van der Waals surface area (Å²) < 4.78 is 63.2. The SMILES string of the molecule is CC(F)(F)CNC(=O)c1c(Br)cccc1C(F)(F)F. The summed E-state index contributed by atoms with van der Waals surface area (Å²) in [7, 11) is 0. The molecule has 2 nitrogen and oxygen atoms in total. The second kappa shape index (κ2) is 5.44. The Morgan fingerprint density at radius 1 is 1.26 bits per heavy atom. The molecule has 8 heteroatoms. The van der Waals surface area contributed by atoms with Gasteiger partial charge < -0.3 is 5.32 Å². The molecule has 0 aromatic heterocycles. The lowest BCUT2D eigenvalue weighted by atomic mass is 10.1. The zero-order valence-electron chi connectivity index (χ0n) is 9.62. The van der Waals surface area contributed by atoms with Gasteiger partial charge in [0, 0.05) is 11.4 Å². The number of halogens is 6. The van der Waals surface area contributed by atoms with Gasteiger partial charge in [-0.2, -0.15) is 13.2 Å². The number of carbonyl (C=O) groups is 1. The van der Waals surface area contributed by atoms with Crippen LogP contribution in [-0.4, -0.2) is 18.4 Å². The molecule has 0 unspecified atom stereocenters. The topological polar surface area (TPSA) is 29.1 Å². The Hall–Kier alpha value is -1.18. The summed E-state index contributed by atoms with van der Waals surface area (Å²) in [6.45, 7) is -0.484. The van der Waals surface area contributed by atoms with Gasteiger partial charge >= 0.3 is 6.18 Å². The van der Waals surface area contributed by atoms with Gasteiger partial charge in [-0.25, -0.2) is 8.78 Å². The molecule has 0 aliphatic carbocycles. The van der Waals surface area contributed by atoms with Crippen molar-refractivity contribution < 1.29 is 26.7 Å². The fourth-order valence-corrected chi connectivity index (χ4v) is 1.86. The van der Waals surface area contributed by atoms with Crippen molar-refractivity contribution in [3.8, 4) is 0 Å². The van der Waals surface area contributed by atoms with E-state index < -0.39 is 35.7 Å². The number of benzene rings is 1. The average Bonchev–Trinajstić information content (AvgIpc) is 2.23. The van der Waals surface area contributed by atoms with E-state index in [1.807, 2.05) is 0 Å². The zero-order chi connectivity index (χ0) is 14.8. The maximum Gasteiger partial charge on any atom is 0.417 e. The Balaban J connectivity index is 3.09. The summed E-state index contributed by atoms with van der Waals surface area (Å²) in [5.41, 5.74) is -1.89. The van der Waals surface area contributed by atoms with Crippen LogP contribution >= 0.6 is 15.9 Å². The second-order valence-electron chi connectivity index (χ2n) is 3.91. The van der Waals surface area contributed by atoms with E-state index in [9.17, 15) is 26.7 Å². The lowest BCUT2D eigenvalue weighted by Gasteiger charge is -2.16. The monoisotopic (exact) mass is 345 g/mol. The zero-order valence-corrected chi connectivity index (χ0v) is 11.2. The van der Waals surface area contributed by atoms with E-state index >= 15 is 0 Å². The standard InChI is InChI=1S/C11H9BrF5NO/c1-10(13,14)5-18-9(19)8-6(11(15,16)17)3-2-4-7(8)12/h2-4H,5H2,1H3,(H,18,19). The van der Waals surface area contributed by atoms with E-state index in [1.54, 1.807) is 5.32 Å². The predicted octanol–water partition coefficient (Wildman–Crippen LogP) is 3.85. The molecule has 0 saturated heterocycles. The van der Waals surface area contributed by atoms with Crippen LogP contribution in [0.5, 0.6) is 0 Å². The summed E-state index contributed by atoms with van der Waals surface area (Å²) in [5, 5.41) is 1.77. The molecule has 0 aliphatic rings. The van der Waals surface area contributed by atoms with Crippen molar-refractivity contribution in [2.24, 2.45) is 0 Å². The van der Waals surface area contributed by atoms with Crippen molar-refractivity contribution in [1.29, 1.82) is 0 Å². The van der Waals surface area contributed by atoms with Crippen LogP contribution < -0.4 is 5.32 Å². The van der Waals surface area contributed by atoms with Gasteiger partial charge in [0.05, 0.1) is 17.7 Å². The van der Waals surface area contributed by atoms with Gasteiger partial charge in [0.1, 0.15) is 0 Å². The number of hydrogen-bond donors (Lipinski definition) is 1. The van der Waals surface area contributed by atoms with Crippen LogP contribution in [0.15, 0.2) is 22.7 Å². The number of amides is 1. The Morgan fingerprint density at radius 2 is 1.84 bits per heavy atom. The van der Waals surface area contributed by atoms with Crippen molar-refractivity contribution in [3.05, 3.63) is 33.8 Å². The third kappa shape index (κ3) is 4.45. The first-order valence-electron chi connectivity index (χ1n) is 5.04. The molecular weight excluding hydrogens is 337 g/mol. The van der Waals surface area contributed by atoms with E-state index in [1.165, 1.54) is 6.07 Å². The van der Waals surface area contributed by atoms with E-state index in [2.05, 4.69) is 15.9 Å². The first-order valence-corrected chi connectivity index (χ1v) is 5.83. The highest BCUT2D eigenvalue weighted by atomic mass is 79.9. The molecule has 0 fully saturated rings. The third-order valence-electron chi connectivity index (χ3n) is 2.11. The Labute approximate surface area is 114 Å². The van der Waals surface area contributed by atoms with Crippen LogP contribution in [0.3, 0.4) is 0 Å². The fraction of sp³-hybridized carbons (Fsp3) is 0.364. The number of nitrogens with one attached hydrogen (secondary N) is 1. The minimum atomic E-state index is -4.74. The molecule has 1 rings (SSSR count). The highest BCUT2D eigenvalue weighted by molar-refractivity contribution is 9.10. The molecule has 0 radical (unpaired) electrons. The highest BCUT2D eigenvalue weighted by Gasteiger charge is 2.36. The number of hydrogen-bond acceptors (Lipinski definition) is 1. The summed E-state index contributed by atoms with van der Waals surface area (Å²) in [5.74, 6) is -4.41. The quantitative estimate of drug-likeness (QED) is 0.828. The predicted molar refractivity (Wildman–Crippen MR) is 62.1 cm³/mol. The van der Waals surface area contributed by atoms with Crippen LogP contribution in [-0.2, 0) is 6.18 Å². The van der Waals surface area contributed by atoms with Gasteiger partial charge in [-0.15, -0.1) is 0 Å². The lowest BCUT2D eigenvalue weighted by Crippen LogP contribution is -2.35. The van der Waals surface area contributed by atoms with Gasteiger partial charge in [0.15, 0.2) is 0 Å². The average molecular weight is 346 g/mol. The fourth-order valence-electron chi connectivity index (χ4n) is 1.32. The second-order valence-corrected chi connectivity index (χ2v) is 4.77. The van der Waals surface area contributed by atoms with Gasteiger partial charge in [0.2, 0.25) is 0 Å². The molecule has 1 aromatic rings. The van der Waals surface area contributed by atoms with Crippen molar-refractivity contribution in [1.82, 2.24) is 5.32 Å². The molecule has 106 valence electrons. The highest BCUT2D eigenvalue weighted by Crippen LogP contribution is 2.35. The maximum absolute atomic E-state index is 12.7. The Morgan fingerprint density at radius 3 is 2.32 bits per heavy atom. The minimum absolute atomic E-state index is 0.112. The molecule has 19 heavy (non-hydrogen) atoms. The van der Waals surface area contributed by atoms with E-state index in [-0.39, 0.29) is 4.47 Å². The smallest absolute Gasteiger partial charge is 0.346 e. The van der Waals surface area contributed by atoms with Crippen LogP contribution in [0, 0.1) is 0 Å². The molecule has 0 saturated carbocycles. The van der Waals surface area contributed by atoms with Crippen LogP contribution in [0.2, 0.25) is 0 Å². The molecular formula is C11H9BrF5NO. The van der Waals surface area contributed by atoms with Crippen molar-refractivity contribution in [2.75, 3.05) is 6.54 Å². The summed E-state index contributed by atoms with van der Waals surface area (Å²) in [6, 6.07) is 3.05. The molecule has 1 amide bonds. The molecule has 0 heterocycles. The summed E-state index contributed by atoms with van der Waals surface area (Å²) in [6.07, 6.45) is -4.74. The number of carbonyl (C=O) groups excluding carboxylic acids is 1. The van der Waals surface area contributed by atoms with Crippen molar-refractivity contribution in [3.63, 3.8) is 0 Å². The normalized spacial score (nSPS) is 12.4. The van der Waals surface area contributed by atoms with E-state index in [0.29, 0.717) is 13.0 Å². The Kier molecular flexibility index (Phi) is 4.54. The van der Waals surface area contributed by atoms with Crippen molar-refractivity contribution >= 4 is 21.8 Å². The van der Waals surface area contributed by atoms with Crippen LogP contribution in [0.1, 0.15) is 22.8 Å². The summed E-state index contributed by atoms with van der Waals surface area (Å²) in [4.78, 5) is 11.6. The van der Waals surface area contributed by atoms with Crippen LogP contribution in [0.4, 0.5) is 22.0 Å². The molecule has 1 N–H and O–H groups in total. The minimum Gasteiger partial charge on any atom is -0.346 e. The molecule has 0 spiro atoms. The lowest BCUT2D eigenvalue weighted by molar-refractivity contribution is -0.138. The first-order chi connectivity index (χ1) is 8.52. The maximum atomic E-state index is 12.7.